The number of amides is 1. The van der Waals surface area contributed by atoms with Crippen molar-refractivity contribution in [3.8, 4) is 5.69 Å². The third-order valence-corrected chi connectivity index (χ3v) is 5.98. The van der Waals surface area contributed by atoms with Crippen molar-refractivity contribution in [3.05, 3.63) is 64.4 Å². The van der Waals surface area contributed by atoms with Gasteiger partial charge < -0.3 is 5.32 Å². The van der Waals surface area contributed by atoms with Crippen molar-refractivity contribution in [2.24, 2.45) is 0 Å². The number of aryl methyl sites for hydroxylation is 1. The summed E-state index contributed by atoms with van der Waals surface area (Å²) in [5.74, 6) is 0.177. The van der Waals surface area contributed by atoms with E-state index in [1.54, 1.807) is 10.6 Å². The highest BCUT2D eigenvalue weighted by molar-refractivity contribution is 7.99. The van der Waals surface area contributed by atoms with E-state index < -0.39 is 0 Å². The molecule has 5 nitrogen and oxygen atoms in total. The first kappa shape index (κ1) is 21.1. The summed E-state index contributed by atoms with van der Waals surface area (Å²) in [6.07, 6.45) is 2.60. The molecule has 0 bridgehead atoms. The molecule has 0 aliphatic rings. The van der Waals surface area contributed by atoms with Crippen molar-refractivity contribution >= 4 is 28.6 Å². The summed E-state index contributed by atoms with van der Waals surface area (Å²) in [6, 6.07) is 15.4. The first-order chi connectivity index (χ1) is 14.1. The number of benzene rings is 2. The molecule has 0 saturated heterocycles. The van der Waals surface area contributed by atoms with Crippen LogP contribution in [0, 0.1) is 0 Å². The second kappa shape index (κ2) is 9.74. The van der Waals surface area contributed by atoms with E-state index in [0.717, 1.165) is 30.5 Å². The van der Waals surface area contributed by atoms with Crippen LogP contribution in [0.1, 0.15) is 39.2 Å². The van der Waals surface area contributed by atoms with Gasteiger partial charge in [-0.05, 0) is 43.0 Å². The molecule has 0 aliphatic carbocycles. The van der Waals surface area contributed by atoms with E-state index in [-0.39, 0.29) is 23.3 Å². The van der Waals surface area contributed by atoms with E-state index in [2.05, 4.69) is 26.1 Å². The quantitative estimate of drug-likeness (QED) is 0.444. The third kappa shape index (κ3) is 4.70. The molecule has 3 rings (SSSR count). The molecule has 152 valence electrons. The van der Waals surface area contributed by atoms with Gasteiger partial charge in [0.15, 0.2) is 5.16 Å². The highest BCUT2D eigenvalue weighted by atomic mass is 32.2. The fourth-order valence-corrected chi connectivity index (χ4v) is 4.16. The highest BCUT2D eigenvalue weighted by Gasteiger charge is 2.17. The Morgan fingerprint density at radius 1 is 1.07 bits per heavy atom. The van der Waals surface area contributed by atoms with Crippen LogP contribution in [-0.2, 0) is 11.2 Å². The maximum atomic E-state index is 13.3. The van der Waals surface area contributed by atoms with Gasteiger partial charge in [0.2, 0.25) is 5.91 Å². The summed E-state index contributed by atoms with van der Waals surface area (Å²) in [7, 11) is 0. The van der Waals surface area contributed by atoms with Crippen LogP contribution in [0.5, 0.6) is 0 Å². The Morgan fingerprint density at radius 3 is 2.48 bits per heavy atom. The van der Waals surface area contributed by atoms with Crippen LogP contribution < -0.4 is 10.9 Å². The van der Waals surface area contributed by atoms with E-state index in [1.165, 1.54) is 11.8 Å². The number of para-hydroxylation sites is 2. The summed E-state index contributed by atoms with van der Waals surface area (Å²) in [5, 5.41) is 4.15. The fraction of sp³-hybridized carbons (Fsp3) is 0.348. The topological polar surface area (TPSA) is 64.0 Å². The number of nitrogens with zero attached hydrogens (tertiary/aromatic N) is 2. The molecule has 2 aromatic carbocycles. The van der Waals surface area contributed by atoms with Gasteiger partial charge in [0.25, 0.3) is 5.56 Å². The Morgan fingerprint density at radius 2 is 1.76 bits per heavy atom. The minimum atomic E-state index is -0.112. The van der Waals surface area contributed by atoms with Crippen molar-refractivity contribution in [2.45, 2.75) is 51.2 Å². The molecule has 0 aliphatic heterocycles. The third-order valence-electron chi connectivity index (χ3n) is 5.04. The van der Waals surface area contributed by atoms with Gasteiger partial charge in [-0.3, -0.25) is 14.2 Å². The molecular weight excluding hydrogens is 382 g/mol. The predicted octanol–water partition coefficient (Wildman–Crippen LogP) is 4.35. The summed E-state index contributed by atoms with van der Waals surface area (Å²) < 4.78 is 1.65. The zero-order valence-corrected chi connectivity index (χ0v) is 18.0. The molecule has 1 N–H and O–H groups in total. The van der Waals surface area contributed by atoms with Gasteiger partial charge in [-0.25, -0.2) is 4.98 Å². The number of rotatable bonds is 8. The van der Waals surface area contributed by atoms with E-state index >= 15 is 0 Å². The summed E-state index contributed by atoms with van der Waals surface area (Å²) >= 11 is 1.30. The minimum Gasteiger partial charge on any atom is -0.353 e. The highest BCUT2D eigenvalue weighted by Crippen LogP contribution is 2.23. The van der Waals surface area contributed by atoms with Crippen LogP contribution in [-0.4, -0.2) is 27.3 Å². The summed E-state index contributed by atoms with van der Waals surface area (Å²) in [4.78, 5) is 30.5. The second-order valence-electron chi connectivity index (χ2n) is 6.90. The number of carbonyl (C=O) groups is 1. The molecule has 0 saturated carbocycles. The molecule has 0 fully saturated rings. The first-order valence-electron chi connectivity index (χ1n) is 10.1. The van der Waals surface area contributed by atoms with Crippen LogP contribution in [0.2, 0.25) is 0 Å². The molecule has 6 heteroatoms. The maximum absolute atomic E-state index is 13.3. The second-order valence-corrected chi connectivity index (χ2v) is 7.85. The van der Waals surface area contributed by atoms with Gasteiger partial charge in [0.05, 0.1) is 22.3 Å². The zero-order chi connectivity index (χ0) is 20.8. The van der Waals surface area contributed by atoms with Crippen LogP contribution >= 0.6 is 11.8 Å². The van der Waals surface area contributed by atoms with Gasteiger partial charge in [0.1, 0.15) is 0 Å². The molecule has 0 atom stereocenters. The molecule has 1 aromatic heterocycles. The smallest absolute Gasteiger partial charge is 0.266 e. The lowest BCUT2D eigenvalue weighted by molar-refractivity contribution is -0.119. The van der Waals surface area contributed by atoms with Gasteiger partial charge in [0, 0.05) is 6.04 Å². The van der Waals surface area contributed by atoms with Gasteiger partial charge in [-0.15, -0.1) is 0 Å². The lowest BCUT2D eigenvalue weighted by atomic mass is 10.1. The standard InChI is InChI=1S/C23H27N3O2S/c1-4-16-11-7-10-14-20(16)26-22(28)18-12-8-9-13-19(18)25-23(26)29-15-21(27)24-17(5-2)6-3/h7-14,17H,4-6,15H2,1-3H3,(H,24,27). The van der Waals surface area contributed by atoms with Crippen LogP contribution in [0.3, 0.4) is 0 Å². The number of aromatic nitrogens is 2. The average Bonchev–Trinajstić information content (AvgIpc) is 2.76. The SMILES string of the molecule is CCc1ccccc1-n1c(SCC(=O)NC(CC)CC)nc2ccccc2c1=O. The number of carbonyl (C=O) groups excluding carboxylic acids is 1. The Labute approximate surface area is 175 Å². The maximum Gasteiger partial charge on any atom is 0.266 e. The van der Waals surface area contributed by atoms with Crippen LogP contribution in [0.15, 0.2) is 58.5 Å². The molecular formula is C23H27N3O2S. The molecule has 1 amide bonds. The van der Waals surface area contributed by atoms with Crippen molar-refractivity contribution in [2.75, 3.05) is 5.75 Å². The Bertz CT molecular complexity index is 1060. The van der Waals surface area contributed by atoms with Crippen molar-refractivity contribution in [3.63, 3.8) is 0 Å². The van der Waals surface area contributed by atoms with Crippen molar-refractivity contribution in [1.29, 1.82) is 0 Å². The average molecular weight is 410 g/mol. The van der Waals surface area contributed by atoms with E-state index in [4.69, 9.17) is 4.98 Å². The number of thioether (sulfide) groups is 1. The number of hydrogen-bond acceptors (Lipinski definition) is 4. The molecule has 0 unspecified atom stereocenters. The Hall–Kier alpha value is -2.60. The molecule has 0 spiro atoms. The normalized spacial score (nSPS) is 11.2. The van der Waals surface area contributed by atoms with Gasteiger partial charge >= 0.3 is 0 Å². The largest absolute Gasteiger partial charge is 0.353 e. The Balaban J connectivity index is 2.04. The zero-order valence-electron chi connectivity index (χ0n) is 17.1. The molecule has 0 radical (unpaired) electrons. The summed E-state index contributed by atoms with van der Waals surface area (Å²) in [5.41, 5.74) is 2.42. The van der Waals surface area contributed by atoms with E-state index in [1.807, 2.05) is 42.5 Å². The molecule has 3 aromatic rings. The Kier molecular flexibility index (Phi) is 7.09. The van der Waals surface area contributed by atoms with Crippen LogP contribution in [0.4, 0.5) is 0 Å². The van der Waals surface area contributed by atoms with E-state index in [9.17, 15) is 9.59 Å². The lowest BCUT2D eigenvalue weighted by Gasteiger charge is -2.17. The monoisotopic (exact) mass is 409 g/mol. The van der Waals surface area contributed by atoms with Gasteiger partial charge in [-0.1, -0.05) is 62.9 Å². The number of hydrogen-bond donors (Lipinski definition) is 1. The van der Waals surface area contributed by atoms with Gasteiger partial charge in [-0.2, -0.15) is 0 Å². The number of nitrogens with one attached hydrogen (secondary N) is 1. The molecule has 1 heterocycles. The van der Waals surface area contributed by atoms with Crippen LogP contribution in [0.25, 0.3) is 16.6 Å². The minimum absolute atomic E-state index is 0.0403. The fourth-order valence-electron chi connectivity index (χ4n) is 3.34. The summed E-state index contributed by atoms with van der Waals surface area (Å²) in [6.45, 7) is 6.19. The first-order valence-corrected chi connectivity index (χ1v) is 11.1. The lowest BCUT2D eigenvalue weighted by Crippen LogP contribution is -2.35. The van der Waals surface area contributed by atoms with Crippen molar-refractivity contribution < 1.29 is 4.79 Å². The van der Waals surface area contributed by atoms with Crippen molar-refractivity contribution in [1.82, 2.24) is 14.9 Å². The van der Waals surface area contributed by atoms with E-state index in [0.29, 0.717) is 16.1 Å². The number of fused-ring (bicyclic) bond motifs is 1. The molecule has 29 heavy (non-hydrogen) atoms. The predicted molar refractivity (Wildman–Crippen MR) is 120 cm³/mol.